The van der Waals surface area contributed by atoms with E-state index in [0.717, 1.165) is 0 Å². The second kappa shape index (κ2) is 5.13. The van der Waals surface area contributed by atoms with Crippen molar-refractivity contribution in [1.29, 1.82) is 0 Å². The van der Waals surface area contributed by atoms with E-state index in [0.29, 0.717) is 17.3 Å². The Kier molecular flexibility index (Phi) is 3.58. The van der Waals surface area contributed by atoms with Crippen molar-refractivity contribution in [3.05, 3.63) is 18.7 Å². The molecule has 6 nitrogen and oxygen atoms in total. The Bertz CT molecular complexity index is 426. The Hall–Kier alpha value is -1.63. The summed E-state index contributed by atoms with van der Waals surface area (Å²) in [6, 6.07) is -0.405. The lowest BCUT2D eigenvalue weighted by Gasteiger charge is -2.21. The molecule has 0 aromatic carbocycles. The molecule has 0 bridgehead atoms. The van der Waals surface area contributed by atoms with Gasteiger partial charge in [-0.2, -0.15) is 0 Å². The summed E-state index contributed by atoms with van der Waals surface area (Å²) in [5, 5.41) is 2.70. The summed E-state index contributed by atoms with van der Waals surface area (Å²) >= 11 is 1.57. The van der Waals surface area contributed by atoms with Crippen molar-refractivity contribution in [2.75, 3.05) is 16.9 Å². The average Bonchev–Trinajstić information content (AvgIpc) is 2.79. The Balaban J connectivity index is 2.03. The lowest BCUT2D eigenvalue weighted by atomic mass is 10.2. The first-order chi connectivity index (χ1) is 8.18. The molecule has 90 valence electrons. The second-order valence-electron chi connectivity index (χ2n) is 3.62. The molecule has 1 N–H and O–H groups in total. The van der Waals surface area contributed by atoms with Crippen molar-refractivity contribution in [1.82, 2.24) is 14.9 Å². The van der Waals surface area contributed by atoms with E-state index >= 15 is 0 Å². The molecule has 17 heavy (non-hydrogen) atoms. The summed E-state index contributed by atoms with van der Waals surface area (Å²) in [6.45, 7) is 1.47. The van der Waals surface area contributed by atoms with Gasteiger partial charge in [0.15, 0.2) is 0 Å². The highest BCUT2D eigenvalue weighted by atomic mass is 32.2. The van der Waals surface area contributed by atoms with Gasteiger partial charge in [-0.15, -0.1) is 11.8 Å². The zero-order valence-electron chi connectivity index (χ0n) is 9.29. The smallest absolute Gasteiger partial charge is 0.248 e. The Labute approximate surface area is 103 Å². The maximum Gasteiger partial charge on any atom is 0.248 e. The van der Waals surface area contributed by atoms with Crippen molar-refractivity contribution in [2.45, 2.75) is 13.0 Å². The zero-order chi connectivity index (χ0) is 12.3. The van der Waals surface area contributed by atoms with Gasteiger partial charge in [0.05, 0.1) is 24.0 Å². The van der Waals surface area contributed by atoms with Gasteiger partial charge in [0.1, 0.15) is 12.4 Å². The third kappa shape index (κ3) is 2.73. The fourth-order valence-electron chi connectivity index (χ4n) is 1.56. The van der Waals surface area contributed by atoms with Crippen LogP contribution in [0.1, 0.15) is 6.92 Å². The van der Waals surface area contributed by atoms with Gasteiger partial charge in [0.25, 0.3) is 0 Å². The summed E-state index contributed by atoms with van der Waals surface area (Å²) in [5.41, 5.74) is 0.540. The molecule has 2 amide bonds. The minimum absolute atomic E-state index is 0.0838. The molecule has 0 radical (unpaired) electrons. The lowest BCUT2D eigenvalue weighted by Crippen LogP contribution is -2.43. The monoisotopic (exact) mass is 252 g/mol. The van der Waals surface area contributed by atoms with Crippen molar-refractivity contribution < 1.29 is 9.59 Å². The van der Waals surface area contributed by atoms with Gasteiger partial charge in [-0.25, -0.2) is 9.97 Å². The molecule has 1 unspecified atom stereocenters. The highest BCUT2D eigenvalue weighted by molar-refractivity contribution is 7.99. The lowest BCUT2D eigenvalue weighted by molar-refractivity contribution is -0.134. The summed E-state index contributed by atoms with van der Waals surface area (Å²) in [7, 11) is 0. The van der Waals surface area contributed by atoms with E-state index in [4.69, 9.17) is 0 Å². The van der Waals surface area contributed by atoms with E-state index in [1.54, 1.807) is 16.7 Å². The number of anilines is 1. The number of carbonyl (C=O) groups is 2. The fourth-order valence-corrected chi connectivity index (χ4v) is 2.78. The largest absolute Gasteiger partial charge is 0.322 e. The number of aromatic nitrogens is 2. The molecule has 0 spiro atoms. The Morgan fingerprint density at radius 3 is 2.82 bits per heavy atom. The van der Waals surface area contributed by atoms with Gasteiger partial charge in [-0.1, -0.05) is 0 Å². The molecule has 0 aliphatic carbocycles. The molecule has 1 aromatic rings. The molecule has 2 heterocycles. The minimum atomic E-state index is -0.405. The predicted octanol–water partition coefficient (Wildman–Crippen LogP) is 0.336. The van der Waals surface area contributed by atoms with Crippen molar-refractivity contribution in [3.63, 3.8) is 0 Å². The molecule has 0 saturated carbocycles. The van der Waals surface area contributed by atoms with Crippen LogP contribution in [0.15, 0.2) is 18.7 Å². The number of hydrogen-bond acceptors (Lipinski definition) is 5. The van der Waals surface area contributed by atoms with Gasteiger partial charge in [-0.3, -0.25) is 9.59 Å². The molecular weight excluding hydrogens is 240 g/mol. The maximum absolute atomic E-state index is 12.0. The third-order valence-corrected chi connectivity index (χ3v) is 3.43. The number of amides is 2. The van der Waals surface area contributed by atoms with Crippen LogP contribution in [0, 0.1) is 0 Å². The number of nitrogens with zero attached hydrogens (tertiary/aromatic N) is 3. The molecule has 1 aromatic heterocycles. The van der Waals surface area contributed by atoms with Gasteiger partial charge >= 0.3 is 0 Å². The highest BCUT2D eigenvalue weighted by Gasteiger charge is 2.32. The minimum Gasteiger partial charge on any atom is -0.322 e. The Morgan fingerprint density at radius 2 is 2.18 bits per heavy atom. The first kappa shape index (κ1) is 11.8. The first-order valence-electron chi connectivity index (χ1n) is 5.09. The topological polar surface area (TPSA) is 75.2 Å². The van der Waals surface area contributed by atoms with Crippen LogP contribution in [-0.2, 0) is 9.59 Å². The quantitative estimate of drug-likeness (QED) is 0.821. The molecule has 1 atom stereocenters. The standard InChI is InChI=1S/C10H12N4O2S/c1-7(15)14-6-17-4-9(14)10(16)13-8-2-11-5-12-3-8/h2-3,5,9H,4,6H2,1H3,(H,13,16). The van der Waals surface area contributed by atoms with E-state index in [-0.39, 0.29) is 11.8 Å². The molecule has 7 heteroatoms. The number of carbonyl (C=O) groups excluding carboxylic acids is 2. The summed E-state index contributed by atoms with van der Waals surface area (Å²) in [4.78, 5) is 32.5. The van der Waals surface area contributed by atoms with Gasteiger partial charge in [-0.05, 0) is 0 Å². The number of nitrogens with one attached hydrogen (secondary N) is 1. The van der Waals surface area contributed by atoms with Crippen LogP contribution in [0.25, 0.3) is 0 Å². The summed E-state index contributed by atoms with van der Waals surface area (Å²) < 4.78 is 0. The SMILES string of the molecule is CC(=O)N1CSCC1C(=O)Nc1cncnc1. The van der Waals surface area contributed by atoms with Crippen LogP contribution in [0.4, 0.5) is 5.69 Å². The van der Waals surface area contributed by atoms with Gasteiger partial charge < -0.3 is 10.2 Å². The summed E-state index contributed by atoms with van der Waals surface area (Å²) in [5.74, 6) is 0.914. The van der Waals surface area contributed by atoms with Crippen LogP contribution in [0.3, 0.4) is 0 Å². The van der Waals surface area contributed by atoms with E-state index in [9.17, 15) is 9.59 Å². The average molecular weight is 252 g/mol. The molecule has 1 aliphatic rings. The zero-order valence-corrected chi connectivity index (χ0v) is 10.1. The van der Waals surface area contributed by atoms with E-state index in [2.05, 4.69) is 15.3 Å². The van der Waals surface area contributed by atoms with Crippen LogP contribution in [0.5, 0.6) is 0 Å². The van der Waals surface area contributed by atoms with Crippen LogP contribution in [-0.4, -0.2) is 44.4 Å². The molecule has 1 saturated heterocycles. The van der Waals surface area contributed by atoms with Crippen molar-refractivity contribution in [2.24, 2.45) is 0 Å². The van der Waals surface area contributed by atoms with E-state index < -0.39 is 6.04 Å². The number of hydrogen-bond donors (Lipinski definition) is 1. The first-order valence-corrected chi connectivity index (χ1v) is 6.25. The summed E-state index contributed by atoms with van der Waals surface area (Å²) in [6.07, 6.45) is 4.43. The van der Waals surface area contributed by atoms with Crippen LogP contribution in [0.2, 0.25) is 0 Å². The predicted molar refractivity (Wildman–Crippen MR) is 64.3 cm³/mol. The van der Waals surface area contributed by atoms with E-state index in [1.807, 2.05) is 0 Å². The van der Waals surface area contributed by atoms with Crippen molar-refractivity contribution >= 4 is 29.3 Å². The Morgan fingerprint density at radius 1 is 1.47 bits per heavy atom. The molecular formula is C10H12N4O2S. The van der Waals surface area contributed by atoms with E-state index in [1.165, 1.54) is 25.6 Å². The molecule has 2 rings (SSSR count). The number of rotatable bonds is 2. The molecule has 1 fully saturated rings. The normalized spacial score (nSPS) is 19.1. The third-order valence-electron chi connectivity index (χ3n) is 2.42. The molecule has 1 aliphatic heterocycles. The van der Waals surface area contributed by atoms with Crippen molar-refractivity contribution in [3.8, 4) is 0 Å². The second-order valence-corrected chi connectivity index (χ2v) is 4.62. The van der Waals surface area contributed by atoms with Gasteiger partial charge in [0.2, 0.25) is 11.8 Å². The fraction of sp³-hybridized carbons (Fsp3) is 0.400. The van der Waals surface area contributed by atoms with Gasteiger partial charge in [0, 0.05) is 12.7 Å². The highest BCUT2D eigenvalue weighted by Crippen LogP contribution is 2.21. The van der Waals surface area contributed by atoms with Crippen LogP contribution < -0.4 is 5.32 Å². The van der Waals surface area contributed by atoms with Crippen LogP contribution >= 0.6 is 11.8 Å². The maximum atomic E-state index is 12.0. The number of thioether (sulfide) groups is 1.